The summed E-state index contributed by atoms with van der Waals surface area (Å²) in [6.45, 7) is 1.62. The summed E-state index contributed by atoms with van der Waals surface area (Å²) in [6, 6.07) is 11.9. The molecule has 0 aliphatic rings. The average Bonchev–Trinajstić information content (AvgIpc) is 3.14. The number of hydrogen-bond donors (Lipinski definition) is 1. The number of aromatic nitrogens is 3. The monoisotopic (exact) mass is 574 g/mol. The number of amides is 1. The summed E-state index contributed by atoms with van der Waals surface area (Å²) in [6.07, 6.45) is -4.25. The molecule has 1 aromatic heterocycles. The minimum Gasteiger partial charge on any atom is -0.356 e. The number of benzene rings is 2. The number of hydrogen-bond acceptors (Lipinski definition) is 5. The molecular weight excluding hydrogens is 556 g/mol. The van der Waals surface area contributed by atoms with E-state index in [1.807, 2.05) is 12.1 Å². The minimum absolute atomic E-state index is 0.0450. The lowest BCUT2D eigenvalue weighted by atomic mass is 10.2. The van der Waals surface area contributed by atoms with Crippen LogP contribution in [-0.4, -0.2) is 38.8 Å². The lowest BCUT2D eigenvalue weighted by Gasteiger charge is -2.13. The summed E-state index contributed by atoms with van der Waals surface area (Å²) in [5.41, 5.74) is -0.0387. The number of Topliss-reactive ketones (excluding diaryl/α,β-unsaturated/α-hetero) is 1. The molecule has 168 valence electrons. The lowest BCUT2D eigenvalue weighted by Crippen LogP contribution is -2.23. The molecule has 2 aromatic carbocycles. The molecule has 0 unspecified atom stereocenters. The van der Waals surface area contributed by atoms with Gasteiger partial charge in [-0.2, -0.15) is 13.2 Å². The zero-order valence-corrected chi connectivity index (χ0v) is 19.8. The Balaban J connectivity index is 1.89. The van der Waals surface area contributed by atoms with Crippen molar-refractivity contribution in [3.8, 4) is 5.69 Å². The van der Waals surface area contributed by atoms with E-state index in [2.05, 4.69) is 38.1 Å². The maximum atomic E-state index is 13.2. The van der Waals surface area contributed by atoms with Gasteiger partial charge < -0.3 is 5.32 Å². The van der Waals surface area contributed by atoms with Gasteiger partial charge in [0.15, 0.2) is 10.9 Å². The van der Waals surface area contributed by atoms with E-state index in [0.717, 1.165) is 27.5 Å². The van der Waals surface area contributed by atoms with Crippen molar-refractivity contribution in [1.29, 1.82) is 0 Å². The third-order valence-electron chi connectivity index (χ3n) is 4.35. The minimum atomic E-state index is -4.51. The summed E-state index contributed by atoms with van der Waals surface area (Å²) in [5, 5.41) is 11.1. The first kappa shape index (κ1) is 24.2. The Labute approximate surface area is 200 Å². The van der Waals surface area contributed by atoms with Gasteiger partial charge in [0, 0.05) is 34.7 Å². The van der Waals surface area contributed by atoms with Gasteiger partial charge >= 0.3 is 6.18 Å². The molecule has 0 saturated heterocycles. The first-order valence-electron chi connectivity index (χ1n) is 9.43. The molecule has 0 atom stereocenters. The number of carbonyl (C=O) groups is 2. The molecule has 0 saturated carbocycles. The number of halogens is 4. The van der Waals surface area contributed by atoms with Gasteiger partial charge in [-0.1, -0.05) is 30.0 Å². The summed E-state index contributed by atoms with van der Waals surface area (Å²) in [7, 11) is 0. The van der Waals surface area contributed by atoms with E-state index in [9.17, 15) is 22.8 Å². The largest absolute Gasteiger partial charge is 0.416 e. The Hall–Kier alpha value is -2.41. The normalized spacial score (nSPS) is 11.4. The van der Waals surface area contributed by atoms with Gasteiger partial charge in [-0.05, 0) is 52.9 Å². The van der Waals surface area contributed by atoms with Gasteiger partial charge in [0.25, 0.3) is 0 Å². The van der Waals surface area contributed by atoms with Crippen molar-refractivity contribution in [1.82, 2.24) is 20.1 Å². The van der Waals surface area contributed by atoms with Gasteiger partial charge in [0.2, 0.25) is 5.91 Å². The molecule has 0 fully saturated rings. The Morgan fingerprint density at radius 1 is 1.12 bits per heavy atom. The van der Waals surface area contributed by atoms with Gasteiger partial charge in [-0.3, -0.25) is 14.2 Å². The molecule has 1 amide bonds. The first-order chi connectivity index (χ1) is 15.1. The van der Waals surface area contributed by atoms with Crippen molar-refractivity contribution in [2.75, 3.05) is 12.3 Å². The van der Waals surface area contributed by atoms with Crippen molar-refractivity contribution in [3.05, 3.63) is 69.1 Å². The van der Waals surface area contributed by atoms with E-state index in [1.165, 1.54) is 23.6 Å². The van der Waals surface area contributed by atoms with Gasteiger partial charge in [0.1, 0.15) is 5.82 Å². The van der Waals surface area contributed by atoms with Crippen LogP contribution < -0.4 is 5.32 Å². The van der Waals surface area contributed by atoms with Crippen LogP contribution in [0.5, 0.6) is 0 Å². The SMILES string of the molecule is CC(=O)NCCc1nnc(SCC(=O)c2ccc(I)cc2)n1-c1cccc(C(F)(F)F)c1. The van der Waals surface area contributed by atoms with E-state index >= 15 is 0 Å². The molecule has 11 heteroatoms. The molecule has 0 aliphatic heterocycles. The number of nitrogens with zero attached hydrogens (tertiary/aromatic N) is 3. The number of nitrogens with one attached hydrogen (secondary N) is 1. The number of alkyl halides is 3. The van der Waals surface area contributed by atoms with Gasteiger partial charge in [0.05, 0.1) is 11.3 Å². The van der Waals surface area contributed by atoms with Crippen LogP contribution in [0, 0.1) is 3.57 Å². The van der Waals surface area contributed by atoms with Crippen molar-refractivity contribution >= 4 is 46.0 Å². The van der Waals surface area contributed by atoms with Crippen LogP contribution in [0.1, 0.15) is 28.7 Å². The predicted octanol–water partition coefficient (Wildman–Crippen LogP) is 4.54. The number of ketones is 1. The van der Waals surface area contributed by atoms with Crippen LogP contribution in [-0.2, 0) is 17.4 Å². The average molecular weight is 574 g/mol. The zero-order chi connectivity index (χ0) is 23.3. The molecular formula is C21H18F3IN4O2S. The quantitative estimate of drug-likeness (QED) is 0.243. The number of carbonyl (C=O) groups excluding carboxylic acids is 2. The molecule has 32 heavy (non-hydrogen) atoms. The fraction of sp³-hybridized carbons (Fsp3) is 0.238. The maximum Gasteiger partial charge on any atom is 0.416 e. The van der Waals surface area contributed by atoms with Crippen molar-refractivity contribution in [3.63, 3.8) is 0 Å². The summed E-state index contributed by atoms with van der Waals surface area (Å²) in [4.78, 5) is 23.7. The van der Waals surface area contributed by atoms with Crippen LogP contribution in [0.15, 0.2) is 53.7 Å². The predicted molar refractivity (Wildman–Crippen MR) is 123 cm³/mol. The van der Waals surface area contributed by atoms with Crippen LogP contribution in [0.2, 0.25) is 0 Å². The fourth-order valence-electron chi connectivity index (χ4n) is 2.84. The van der Waals surface area contributed by atoms with Crippen molar-refractivity contribution < 1.29 is 22.8 Å². The zero-order valence-electron chi connectivity index (χ0n) is 16.8. The van der Waals surface area contributed by atoms with E-state index in [-0.39, 0.29) is 36.1 Å². The highest BCUT2D eigenvalue weighted by Crippen LogP contribution is 2.32. The molecule has 0 radical (unpaired) electrons. The number of rotatable bonds is 8. The van der Waals surface area contributed by atoms with Crippen molar-refractivity contribution in [2.24, 2.45) is 0 Å². The van der Waals surface area contributed by atoms with Crippen LogP contribution in [0.4, 0.5) is 13.2 Å². The van der Waals surface area contributed by atoms with Gasteiger partial charge in [-0.25, -0.2) is 0 Å². The summed E-state index contributed by atoms with van der Waals surface area (Å²) in [5.74, 6) is 0.0588. The third kappa shape index (κ3) is 6.31. The molecule has 1 heterocycles. The Bertz CT molecular complexity index is 1120. The van der Waals surface area contributed by atoms with Crippen LogP contribution in [0.3, 0.4) is 0 Å². The highest BCUT2D eigenvalue weighted by Gasteiger charge is 2.31. The molecule has 0 bridgehead atoms. The first-order valence-corrected chi connectivity index (χ1v) is 11.5. The Morgan fingerprint density at radius 3 is 2.50 bits per heavy atom. The van der Waals surface area contributed by atoms with Crippen LogP contribution in [0.25, 0.3) is 5.69 Å². The lowest BCUT2D eigenvalue weighted by molar-refractivity contribution is -0.137. The van der Waals surface area contributed by atoms with E-state index in [4.69, 9.17) is 0 Å². The Kier molecular flexibility index (Phi) is 7.93. The highest BCUT2D eigenvalue weighted by molar-refractivity contribution is 14.1. The molecule has 6 nitrogen and oxygen atoms in total. The summed E-state index contributed by atoms with van der Waals surface area (Å²) < 4.78 is 42.2. The van der Waals surface area contributed by atoms with Crippen molar-refractivity contribution in [2.45, 2.75) is 24.7 Å². The molecule has 0 aliphatic carbocycles. The second kappa shape index (κ2) is 10.5. The molecule has 1 N–H and O–H groups in total. The van der Waals surface area contributed by atoms with E-state index in [1.54, 1.807) is 12.1 Å². The second-order valence-corrected chi connectivity index (χ2v) is 8.92. The topological polar surface area (TPSA) is 76.9 Å². The Morgan fingerprint density at radius 2 is 1.84 bits per heavy atom. The third-order valence-corrected chi connectivity index (χ3v) is 6.00. The van der Waals surface area contributed by atoms with E-state index in [0.29, 0.717) is 16.5 Å². The highest BCUT2D eigenvalue weighted by atomic mass is 127. The molecule has 3 aromatic rings. The second-order valence-electron chi connectivity index (χ2n) is 6.73. The smallest absolute Gasteiger partial charge is 0.356 e. The molecule has 3 rings (SSSR count). The van der Waals surface area contributed by atoms with E-state index < -0.39 is 11.7 Å². The summed E-state index contributed by atoms with van der Waals surface area (Å²) >= 11 is 3.23. The fourth-order valence-corrected chi connectivity index (χ4v) is 4.06. The molecule has 0 spiro atoms. The maximum absolute atomic E-state index is 13.2. The number of thioether (sulfide) groups is 1. The van der Waals surface area contributed by atoms with Gasteiger partial charge in [-0.15, -0.1) is 10.2 Å². The standard InChI is InChI=1S/C21H18F3IN4O2S/c1-13(30)26-10-9-19-27-28-20(32-12-18(31)14-5-7-16(25)8-6-14)29(19)17-4-2-3-15(11-17)21(22,23)24/h2-8,11H,9-10,12H2,1H3,(H,26,30). The van der Waals surface area contributed by atoms with Crippen LogP contribution >= 0.6 is 34.4 Å².